The molecule has 0 aromatic heterocycles. The maximum Gasteiger partial charge on any atom is 0.254 e. The number of imide groups is 1. The van der Waals surface area contributed by atoms with Gasteiger partial charge in [-0.15, -0.1) is 0 Å². The first kappa shape index (κ1) is 12.8. The Morgan fingerprint density at radius 3 is 2.85 bits per heavy atom. The van der Waals surface area contributed by atoms with Crippen molar-refractivity contribution in [1.29, 1.82) is 5.26 Å². The van der Waals surface area contributed by atoms with Crippen LogP contribution in [0.3, 0.4) is 0 Å². The minimum Gasteiger partial charge on any atom is -0.316 e. The van der Waals surface area contributed by atoms with E-state index in [0.717, 1.165) is 17.7 Å². The number of nitriles is 1. The van der Waals surface area contributed by atoms with Crippen molar-refractivity contribution < 1.29 is 9.59 Å². The lowest BCUT2D eigenvalue weighted by atomic mass is 10.1. The number of rotatable bonds is 3. The molecule has 1 aromatic rings. The molecule has 0 spiro atoms. The Bertz CT molecular complexity index is 641. The van der Waals surface area contributed by atoms with E-state index in [0.29, 0.717) is 18.5 Å². The van der Waals surface area contributed by atoms with Gasteiger partial charge in [0.15, 0.2) is 0 Å². The van der Waals surface area contributed by atoms with Crippen molar-refractivity contribution in [3.63, 3.8) is 0 Å². The van der Waals surface area contributed by atoms with E-state index in [2.05, 4.69) is 11.4 Å². The largest absolute Gasteiger partial charge is 0.316 e. The van der Waals surface area contributed by atoms with Crippen molar-refractivity contribution in [2.24, 2.45) is 5.41 Å². The molecule has 20 heavy (non-hydrogen) atoms. The van der Waals surface area contributed by atoms with Gasteiger partial charge in [-0.05, 0) is 37.1 Å². The monoisotopic (exact) mass is 269 g/mol. The number of fused-ring (bicyclic) bond motifs is 1. The molecular weight excluding hydrogens is 254 g/mol. The Labute approximate surface area is 117 Å². The van der Waals surface area contributed by atoms with Gasteiger partial charge < -0.3 is 5.32 Å². The molecule has 5 nitrogen and oxygen atoms in total. The number of anilines is 1. The van der Waals surface area contributed by atoms with Crippen molar-refractivity contribution in [3.8, 4) is 6.07 Å². The summed E-state index contributed by atoms with van der Waals surface area (Å²) in [7, 11) is 1.86. The molecule has 2 aliphatic rings. The van der Waals surface area contributed by atoms with Crippen LogP contribution in [0.4, 0.5) is 5.69 Å². The average Bonchev–Trinajstić information content (AvgIpc) is 3.16. The predicted molar refractivity (Wildman–Crippen MR) is 72.7 cm³/mol. The Balaban J connectivity index is 1.95. The van der Waals surface area contributed by atoms with E-state index < -0.39 is 5.41 Å². The molecule has 102 valence electrons. The zero-order valence-electron chi connectivity index (χ0n) is 11.3. The van der Waals surface area contributed by atoms with E-state index >= 15 is 0 Å². The van der Waals surface area contributed by atoms with Crippen molar-refractivity contribution in [2.45, 2.75) is 25.8 Å². The highest BCUT2D eigenvalue weighted by atomic mass is 16.2. The second kappa shape index (κ2) is 4.43. The molecule has 0 unspecified atom stereocenters. The zero-order chi connectivity index (χ0) is 14.3. The number of hydrogen-bond donors (Lipinski definition) is 1. The van der Waals surface area contributed by atoms with Gasteiger partial charge in [0.1, 0.15) is 5.41 Å². The molecule has 1 aromatic carbocycles. The quantitative estimate of drug-likeness (QED) is 0.835. The molecule has 5 heteroatoms. The molecule has 0 saturated heterocycles. The summed E-state index contributed by atoms with van der Waals surface area (Å²) in [5, 5.41) is 12.2. The summed E-state index contributed by atoms with van der Waals surface area (Å²) in [4.78, 5) is 25.7. The Hall–Kier alpha value is -2.19. The highest BCUT2D eigenvalue weighted by Gasteiger charge is 2.55. The van der Waals surface area contributed by atoms with Crippen LogP contribution in [0.1, 0.15) is 24.0 Å². The minimum absolute atomic E-state index is 0.229. The number of carbonyl (C=O) groups excluding carboxylic acids is 2. The van der Waals surface area contributed by atoms with Crippen molar-refractivity contribution >= 4 is 17.5 Å². The van der Waals surface area contributed by atoms with Crippen LogP contribution in [0.5, 0.6) is 0 Å². The number of nitrogens with zero attached hydrogens (tertiary/aromatic N) is 2. The third-order valence-corrected chi connectivity index (χ3v) is 3.93. The molecule has 1 aliphatic carbocycles. The van der Waals surface area contributed by atoms with Gasteiger partial charge in [-0.25, -0.2) is 4.90 Å². The first-order valence-corrected chi connectivity index (χ1v) is 6.66. The Morgan fingerprint density at radius 1 is 1.50 bits per heavy atom. The molecule has 1 heterocycles. The highest BCUT2D eigenvalue weighted by Crippen LogP contribution is 2.48. The SMILES string of the molecule is CNCc1ccc2c(c1)CC(=O)N2C(=O)C1(C#N)CC1. The molecular formula is C15H15N3O2. The van der Waals surface area contributed by atoms with Crippen LogP contribution in [-0.4, -0.2) is 18.9 Å². The number of hydrogen-bond acceptors (Lipinski definition) is 4. The summed E-state index contributed by atoms with van der Waals surface area (Å²) >= 11 is 0. The third kappa shape index (κ3) is 1.81. The van der Waals surface area contributed by atoms with Gasteiger partial charge in [-0.3, -0.25) is 9.59 Å². The molecule has 1 fully saturated rings. The second-order valence-electron chi connectivity index (χ2n) is 5.40. The fraction of sp³-hybridized carbons (Fsp3) is 0.400. The second-order valence-corrected chi connectivity index (χ2v) is 5.40. The summed E-state index contributed by atoms with van der Waals surface area (Å²) < 4.78 is 0. The van der Waals surface area contributed by atoms with Crippen molar-refractivity contribution in [3.05, 3.63) is 29.3 Å². The van der Waals surface area contributed by atoms with E-state index in [1.165, 1.54) is 4.90 Å². The summed E-state index contributed by atoms with van der Waals surface area (Å²) in [6.45, 7) is 0.720. The molecule has 2 amide bonds. The fourth-order valence-corrected chi connectivity index (χ4v) is 2.62. The van der Waals surface area contributed by atoms with Gasteiger partial charge in [-0.2, -0.15) is 5.26 Å². The van der Waals surface area contributed by atoms with Crippen LogP contribution < -0.4 is 10.2 Å². The van der Waals surface area contributed by atoms with Crippen LogP contribution in [-0.2, 0) is 22.6 Å². The maximum atomic E-state index is 12.4. The fourth-order valence-electron chi connectivity index (χ4n) is 2.62. The molecule has 1 saturated carbocycles. The highest BCUT2D eigenvalue weighted by molar-refractivity contribution is 6.22. The van der Waals surface area contributed by atoms with E-state index in [1.54, 1.807) is 6.07 Å². The van der Waals surface area contributed by atoms with Crippen molar-refractivity contribution in [2.75, 3.05) is 11.9 Å². The summed E-state index contributed by atoms with van der Waals surface area (Å²) in [6, 6.07) is 7.71. The van der Waals surface area contributed by atoms with E-state index in [1.807, 2.05) is 19.2 Å². The van der Waals surface area contributed by atoms with Crippen LogP contribution in [0.2, 0.25) is 0 Å². The zero-order valence-corrected chi connectivity index (χ0v) is 11.3. The van der Waals surface area contributed by atoms with Crippen LogP contribution in [0.25, 0.3) is 0 Å². The first-order chi connectivity index (χ1) is 9.61. The van der Waals surface area contributed by atoms with Crippen molar-refractivity contribution in [1.82, 2.24) is 5.32 Å². The number of carbonyl (C=O) groups is 2. The molecule has 1 aliphatic heterocycles. The van der Waals surface area contributed by atoms with Gasteiger partial charge in [-0.1, -0.05) is 12.1 Å². The van der Waals surface area contributed by atoms with Gasteiger partial charge in [0.2, 0.25) is 5.91 Å². The molecule has 3 rings (SSSR count). The van der Waals surface area contributed by atoms with E-state index in [9.17, 15) is 9.59 Å². The lowest BCUT2D eigenvalue weighted by molar-refractivity contribution is -0.127. The van der Waals surface area contributed by atoms with E-state index in [4.69, 9.17) is 5.26 Å². The maximum absolute atomic E-state index is 12.4. The average molecular weight is 269 g/mol. The van der Waals surface area contributed by atoms with Crippen LogP contribution in [0.15, 0.2) is 18.2 Å². The lowest BCUT2D eigenvalue weighted by Crippen LogP contribution is -2.39. The lowest BCUT2D eigenvalue weighted by Gasteiger charge is -2.18. The smallest absolute Gasteiger partial charge is 0.254 e. The topological polar surface area (TPSA) is 73.2 Å². The predicted octanol–water partition coefficient (Wildman–Crippen LogP) is 1.13. The Morgan fingerprint density at radius 2 is 2.25 bits per heavy atom. The molecule has 1 N–H and O–H groups in total. The molecule has 0 bridgehead atoms. The first-order valence-electron chi connectivity index (χ1n) is 6.66. The standard InChI is InChI=1S/C15H15N3O2/c1-17-8-10-2-3-12-11(6-10)7-13(19)18(12)14(20)15(9-16)4-5-15/h2-3,6,17H,4-5,7-8H2,1H3. The van der Waals surface area contributed by atoms with Gasteiger partial charge in [0.25, 0.3) is 5.91 Å². The third-order valence-electron chi connectivity index (χ3n) is 3.93. The summed E-state index contributed by atoms with van der Waals surface area (Å²) in [5.41, 5.74) is 1.63. The summed E-state index contributed by atoms with van der Waals surface area (Å²) in [6.07, 6.45) is 1.35. The van der Waals surface area contributed by atoms with Crippen LogP contribution in [0, 0.1) is 16.7 Å². The van der Waals surface area contributed by atoms with Gasteiger partial charge in [0, 0.05) is 6.54 Å². The van der Waals surface area contributed by atoms with Gasteiger partial charge in [0.05, 0.1) is 18.2 Å². The minimum atomic E-state index is -0.957. The van der Waals surface area contributed by atoms with Crippen LogP contribution >= 0.6 is 0 Å². The number of amides is 2. The Kier molecular flexibility index (Phi) is 2.84. The number of benzene rings is 1. The van der Waals surface area contributed by atoms with Gasteiger partial charge >= 0.3 is 0 Å². The molecule has 0 atom stereocenters. The van der Waals surface area contributed by atoms with E-state index in [-0.39, 0.29) is 18.2 Å². The molecule has 0 radical (unpaired) electrons. The summed E-state index contributed by atoms with van der Waals surface area (Å²) in [5.74, 6) is -0.585. The number of nitrogens with one attached hydrogen (secondary N) is 1. The normalized spacial score (nSPS) is 18.6.